The van der Waals surface area contributed by atoms with Gasteiger partial charge in [-0.2, -0.15) is 0 Å². The number of nitrogens with zero attached hydrogens (tertiary/aromatic N) is 1. The number of aliphatic carboxylic acids is 1. The van der Waals surface area contributed by atoms with Gasteiger partial charge in [-0.05, 0) is 48.9 Å². The van der Waals surface area contributed by atoms with Gasteiger partial charge in [-0.1, -0.05) is 35.3 Å². The van der Waals surface area contributed by atoms with Gasteiger partial charge >= 0.3 is 5.97 Å². The Kier molecular flexibility index (Phi) is 10.7. The highest BCUT2D eigenvalue weighted by molar-refractivity contribution is 6.39. The fourth-order valence-corrected chi connectivity index (χ4v) is 4.14. The molecule has 3 aromatic rings. The van der Waals surface area contributed by atoms with Crippen LogP contribution >= 0.6 is 23.2 Å². The Hall–Kier alpha value is -4.15. The maximum atomic E-state index is 12.5. The summed E-state index contributed by atoms with van der Waals surface area (Å²) in [5, 5.41) is 17.9. The third kappa shape index (κ3) is 8.69. The zero-order chi connectivity index (χ0) is 28.4. The topological polar surface area (TPSA) is 147 Å². The first-order valence-electron chi connectivity index (χ1n) is 11.8. The van der Waals surface area contributed by atoms with Crippen LogP contribution in [0, 0.1) is 5.92 Å². The van der Waals surface area contributed by atoms with Gasteiger partial charge in [0.2, 0.25) is 5.91 Å². The highest BCUT2D eigenvalue weighted by Gasteiger charge is 2.22. The summed E-state index contributed by atoms with van der Waals surface area (Å²) >= 11 is 12.1. The van der Waals surface area contributed by atoms with Gasteiger partial charge in [0, 0.05) is 24.2 Å². The number of anilines is 2. The molecule has 0 spiro atoms. The van der Waals surface area contributed by atoms with Gasteiger partial charge in [0.25, 0.3) is 5.91 Å². The summed E-state index contributed by atoms with van der Waals surface area (Å²) in [5.74, 6) is -2.50. The SMILES string of the molecule is COc1ccc(Nc2cccc(C(=O)NCC(=O)NC[C@H](CCC(=O)c3c(Cl)cccc3Cl)C(=O)O)c2)nc1. The van der Waals surface area contributed by atoms with Crippen LogP contribution in [0.1, 0.15) is 33.6 Å². The number of carboxylic acids is 1. The third-order valence-electron chi connectivity index (χ3n) is 5.64. The first kappa shape index (κ1) is 29.4. The number of pyridine rings is 1. The number of Topliss-reactive ketones (excluding diaryl/α,β-unsaturated/α-hetero) is 1. The zero-order valence-electron chi connectivity index (χ0n) is 20.9. The lowest BCUT2D eigenvalue weighted by atomic mass is 9.98. The third-order valence-corrected chi connectivity index (χ3v) is 6.26. The Bertz CT molecular complexity index is 1330. The molecule has 3 rings (SSSR count). The largest absolute Gasteiger partial charge is 0.495 e. The van der Waals surface area contributed by atoms with Crippen LogP contribution in [0.2, 0.25) is 10.0 Å². The number of carboxylic acid groups (broad SMARTS) is 1. The minimum Gasteiger partial charge on any atom is -0.495 e. The Morgan fingerprint density at radius 2 is 1.72 bits per heavy atom. The second-order valence-electron chi connectivity index (χ2n) is 8.37. The van der Waals surface area contributed by atoms with E-state index in [4.69, 9.17) is 27.9 Å². The van der Waals surface area contributed by atoms with E-state index in [9.17, 15) is 24.3 Å². The molecule has 1 heterocycles. The van der Waals surface area contributed by atoms with Crippen molar-refractivity contribution in [2.24, 2.45) is 5.92 Å². The zero-order valence-corrected chi connectivity index (χ0v) is 22.4. The van der Waals surface area contributed by atoms with Crippen molar-refractivity contribution in [1.29, 1.82) is 0 Å². The molecule has 0 unspecified atom stereocenters. The number of nitrogens with one attached hydrogen (secondary N) is 3. The Morgan fingerprint density at radius 1 is 1.00 bits per heavy atom. The van der Waals surface area contributed by atoms with Crippen LogP contribution in [0.5, 0.6) is 5.75 Å². The van der Waals surface area contributed by atoms with E-state index in [0.29, 0.717) is 22.8 Å². The molecule has 0 radical (unpaired) electrons. The van der Waals surface area contributed by atoms with Crippen molar-refractivity contribution in [3.63, 3.8) is 0 Å². The summed E-state index contributed by atoms with van der Waals surface area (Å²) in [6, 6.07) is 14.7. The minimum absolute atomic E-state index is 0.0365. The van der Waals surface area contributed by atoms with Gasteiger partial charge in [0.15, 0.2) is 5.78 Å². The summed E-state index contributed by atoms with van der Waals surface area (Å²) in [7, 11) is 1.54. The fraction of sp³-hybridized carbons (Fsp3) is 0.222. The smallest absolute Gasteiger partial charge is 0.308 e. The number of ether oxygens (including phenoxy) is 1. The van der Waals surface area contributed by atoms with Gasteiger partial charge in [-0.3, -0.25) is 19.2 Å². The van der Waals surface area contributed by atoms with Crippen molar-refractivity contribution in [3.8, 4) is 5.75 Å². The quantitative estimate of drug-likeness (QED) is 0.221. The molecule has 0 bridgehead atoms. The van der Waals surface area contributed by atoms with Crippen LogP contribution in [0.25, 0.3) is 0 Å². The number of benzene rings is 2. The van der Waals surface area contributed by atoms with Gasteiger partial charge in [-0.15, -0.1) is 0 Å². The van der Waals surface area contributed by atoms with Crippen LogP contribution in [0.3, 0.4) is 0 Å². The van der Waals surface area contributed by atoms with Crippen molar-refractivity contribution < 1.29 is 29.0 Å². The number of aromatic nitrogens is 1. The molecular weight excluding hydrogens is 547 g/mol. The number of carbonyl (C=O) groups is 4. The molecule has 39 heavy (non-hydrogen) atoms. The minimum atomic E-state index is -1.17. The predicted octanol–water partition coefficient (Wildman–Crippen LogP) is 4.35. The lowest BCUT2D eigenvalue weighted by Gasteiger charge is -2.14. The van der Waals surface area contributed by atoms with Crippen molar-refractivity contribution in [1.82, 2.24) is 15.6 Å². The van der Waals surface area contributed by atoms with Crippen LogP contribution in [-0.4, -0.2) is 53.9 Å². The van der Waals surface area contributed by atoms with Gasteiger partial charge in [-0.25, -0.2) is 4.98 Å². The number of amides is 2. The summed E-state index contributed by atoms with van der Waals surface area (Å²) in [6.45, 7) is -0.584. The maximum absolute atomic E-state index is 12.5. The van der Waals surface area contributed by atoms with Gasteiger partial charge < -0.3 is 25.8 Å². The number of ketones is 1. The van der Waals surface area contributed by atoms with E-state index in [-0.39, 0.29) is 41.5 Å². The number of hydrogen-bond acceptors (Lipinski definition) is 7. The molecule has 4 N–H and O–H groups in total. The van der Waals surface area contributed by atoms with Gasteiger partial charge in [0.1, 0.15) is 11.6 Å². The van der Waals surface area contributed by atoms with Crippen molar-refractivity contribution in [2.45, 2.75) is 12.8 Å². The molecule has 0 saturated carbocycles. The monoisotopic (exact) mass is 572 g/mol. The van der Waals surface area contributed by atoms with Crippen molar-refractivity contribution in [3.05, 3.63) is 82.0 Å². The molecule has 0 aliphatic carbocycles. The summed E-state index contributed by atoms with van der Waals surface area (Å²) < 4.78 is 5.08. The van der Waals surface area contributed by atoms with E-state index in [1.165, 1.54) is 12.1 Å². The summed E-state index contributed by atoms with van der Waals surface area (Å²) in [6.07, 6.45) is 1.40. The van der Waals surface area contributed by atoms with E-state index in [1.54, 1.807) is 55.8 Å². The number of hydrogen-bond donors (Lipinski definition) is 4. The lowest BCUT2D eigenvalue weighted by Crippen LogP contribution is -2.40. The molecule has 0 saturated heterocycles. The fourth-order valence-electron chi connectivity index (χ4n) is 3.53. The molecule has 12 heteroatoms. The molecule has 204 valence electrons. The molecule has 1 atom stereocenters. The van der Waals surface area contributed by atoms with Crippen molar-refractivity contribution >= 4 is 58.3 Å². The van der Waals surface area contributed by atoms with E-state index in [1.807, 2.05) is 0 Å². The second kappa shape index (κ2) is 14.1. The molecule has 0 aliphatic heterocycles. The summed E-state index contributed by atoms with van der Waals surface area (Å²) in [4.78, 5) is 53.2. The van der Waals surface area contributed by atoms with Gasteiger partial charge in [0.05, 0.1) is 41.4 Å². The molecule has 2 amide bonds. The molecule has 0 fully saturated rings. The van der Waals surface area contributed by atoms with Crippen molar-refractivity contribution in [2.75, 3.05) is 25.5 Å². The first-order valence-corrected chi connectivity index (χ1v) is 12.6. The van der Waals surface area contributed by atoms with Crippen LogP contribution in [-0.2, 0) is 9.59 Å². The number of carbonyl (C=O) groups excluding carboxylic acids is 3. The number of rotatable bonds is 13. The van der Waals surface area contributed by atoms with E-state index in [2.05, 4.69) is 20.9 Å². The standard InChI is InChI=1S/C27H26Cl2N4O6/c1-39-19-9-11-23(30-14-19)33-18-5-2-4-16(12-18)26(36)32-15-24(35)31-13-17(27(37)38)8-10-22(34)25-20(28)6-3-7-21(25)29/h2-7,9,11-12,14,17H,8,10,13,15H2,1H3,(H,30,33)(H,31,35)(H,32,36)(H,37,38)/t17-/m0/s1. The number of methoxy groups -OCH3 is 1. The molecule has 0 aliphatic rings. The molecule has 10 nitrogen and oxygen atoms in total. The van der Waals surface area contributed by atoms with E-state index < -0.39 is 29.5 Å². The average Bonchev–Trinajstić information content (AvgIpc) is 2.92. The number of halogens is 2. The molecule has 2 aromatic carbocycles. The first-order chi connectivity index (χ1) is 18.7. The van der Waals surface area contributed by atoms with Crippen LogP contribution in [0.4, 0.5) is 11.5 Å². The van der Waals surface area contributed by atoms with Crippen LogP contribution < -0.4 is 20.7 Å². The molecular formula is C27H26Cl2N4O6. The maximum Gasteiger partial charge on any atom is 0.308 e. The second-order valence-corrected chi connectivity index (χ2v) is 9.18. The Balaban J connectivity index is 1.47. The molecule has 1 aromatic heterocycles. The lowest BCUT2D eigenvalue weighted by molar-refractivity contribution is -0.141. The Labute approximate surface area is 234 Å². The normalized spacial score (nSPS) is 11.3. The Morgan fingerprint density at radius 3 is 2.36 bits per heavy atom. The van der Waals surface area contributed by atoms with E-state index >= 15 is 0 Å². The van der Waals surface area contributed by atoms with E-state index in [0.717, 1.165) is 0 Å². The average molecular weight is 573 g/mol. The highest BCUT2D eigenvalue weighted by atomic mass is 35.5. The predicted molar refractivity (Wildman–Crippen MR) is 147 cm³/mol. The summed E-state index contributed by atoms with van der Waals surface area (Å²) in [5.41, 5.74) is 1.06. The highest BCUT2D eigenvalue weighted by Crippen LogP contribution is 2.26. The van der Waals surface area contributed by atoms with Crippen LogP contribution in [0.15, 0.2) is 60.8 Å².